The van der Waals surface area contributed by atoms with Crippen LogP contribution in [0, 0.1) is 0 Å². The predicted octanol–water partition coefficient (Wildman–Crippen LogP) is 3.06. The quantitative estimate of drug-likeness (QED) is 0.800. The largest absolute Gasteiger partial charge is 0.412 e. The van der Waals surface area contributed by atoms with Gasteiger partial charge in [-0.2, -0.15) is 13.2 Å². The highest BCUT2D eigenvalue weighted by Gasteiger charge is 2.42. The molecule has 0 aliphatic heterocycles. The van der Waals surface area contributed by atoms with Gasteiger partial charge < -0.3 is 5.32 Å². The number of aromatic nitrogens is 3. The maximum absolute atomic E-state index is 13.3. The average molecular weight is 332 g/mol. The Bertz CT molecular complexity index is 868. The zero-order chi connectivity index (χ0) is 17.2. The number of carbonyl (C=O) groups excluding carboxylic acids is 1. The van der Waals surface area contributed by atoms with Gasteiger partial charge in [-0.05, 0) is 24.3 Å². The molecular weight excluding hydrogens is 321 g/mol. The molecule has 1 amide bonds. The summed E-state index contributed by atoms with van der Waals surface area (Å²) < 4.78 is 39.8. The zero-order valence-corrected chi connectivity index (χ0v) is 12.2. The van der Waals surface area contributed by atoms with Crippen molar-refractivity contribution >= 4 is 16.9 Å². The van der Waals surface area contributed by atoms with Crippen molar-refractivity contribution in [3.63, 3.8) is 0 Å². The van der Waals surface area contributed by atoms with Gasteiger partial charge in [0.2, 0.25) is 0 Å². The van der Waals surface area contributed by atoms with Gasteiger partial charge in [0, 0.05) is 35.9 Å². The monoisotopic (exact) mass is 332 g/mol. The number of hydrogen-bond donors (Lipinski definition) is 1. The first-order valence-electron chi connectivity index (χ1n) is 6.93. The van der Waals surface area contributed by atoms with Crippen LogP contribution in [0.4, 0.5) is 13.2 Å². The first-order chi connectivity index (χ1) is 11.4. The van der Waals surface area contributed by atoms with E-state index in [0.29, 0.717) is 11.0 Å². The number of carbonyl (C=O) groups is 1. The molecule has 1 aromatic carbocycles. The molecule has 0 saturated heterocycles. The third-order valence-corrected chi connectivity index (χ3v) is 3.35. The molecule has 0 aliphatic carbocycles. The second-order valence-electron chi connectivity index (χ2n) is 4.99. The Morgan fingerprint density at radius 2 is 1.79 bits per heavy atom. The highest BCUT2D eigenvalue weighted by molar-refractivity contribution is 5.97. The number of nitrogens with one attached hydrogen (secondary N) is 1. The molecule has 0 fully saturated rings. The fourth-order valence-electron chi connectivity index (χ4n) is 2.22. The zero-order valence-electron chi connectivity index (χ0n) is 12.2. The Kier molecular flexibility index (Phi) is 4.11. The lowest BCUT2D eigenvalue weighted by molar-refractivity contribution is -0.155. The summed E-state index contributed by atoms with van der Waals surface area (Å²) >= 11 is 0. The SMILES string of the molecule is O=C(N[C@@H](c1cccnc1)C(F)(F)F)c1ccc2nccnc2c1. The molecule has 122 valence electrons. The predicted molar refractivity (Wildman–Crippen MR) is 80.0 cm³/mol. The molecule has 5 nitrogen and oxygen atoms in total. The number of amides is 1. The maximum atomic E-state index is 13.3. The summed E-state index contributed by atoms with van der Waals surface area (Å²) in [6.07, 6.45) is 0.725. The summed E-state index contributed by atoms with van der Waals surface area (Å²) in [5, 5.41) is 2.00. The Morgan fingerprint density at radius 1 is 1.04 bits per heavy atom. The Balaban J connectivity index is 1.90. The second-order valence-corrected chi connectivity index (χ2v) is 4.99. The average Bonchev–Trinajstić information content (AvgIpc) is 2.58. The molecule has 8 heteroatoms. The molecule has 0 radical (unpaired) electrons. The van der Waals surface area contributed by atoms with E-state index in [0.717, 1.165) is 6.20 Å². The van der Waals surface area contributed by atoms with E-state index >= 15 is 0 Å². The van der Waals surface area contributed by atoms with E-state index in [1.54, 1.807) is 0 Å². The van der Waals surface area contributed by atoms with Crippen molar-refractivity contribution in [2.45, 2.75) is 12.2 Å². The lowest BCUT2D eigenvalue weighted by atomic mass is 10.1. The number of nitrogens with zero attached hydrogens (tertiary/aromatic N) is 3. The summed E-state index contributed by atoms with van der Waals surface area (Å²) in [5.74, 6) is -0.853. The van der Waals surface area contributed by atoms with Crippen molar-refractivity contribution in [3.8, 4) is 0 Å². The molecule has 0 bridgehead atoms. The van der Waals surface area contributed by atoms with Gasteiger partial charge in [-0.1, -0.05) is 6.07 Å². The fourth-order valence-corrected chi connectivity index (χ4v) is 2.22. The molecule has 3 aromatic rings. The van der Waals surface area contributed by atoms with Crippen LogP contribution in [0.5, 0.6) is 0 Å². The lowest BCUT2D eigenvalue weighted by Gasteiger charge is -2.21. The van der Waals surface area contributed by atoms with Crippen molar-refractivity contribution in [2.24, 2.45) is 0 Å². The van der Waals surface area contributed by atoms with Gasteiger partial charge in [0.15, 0.2) is 6.04 Å². The molecular formula is C16H11F3N4O. The molecule has 24 heavy (non-hydrogen) atoms. The van der Waals surface area contributed by atoms with Crippen LogP contribution in [0.15, 0.2) is 55.1 Å². The van der Waals surface area contributed by atoms with E-state index in [9.17, 15) is 18.0 Å². The van der Waals surface area contributed by atoms with Crippen LogP contribution in [0.2, 0.25) is 0 Å². The van der Waals surface area contributed by atoms with E-state index in [-0.39, 0.29) is 11.1 Å². The number of alkyl halides is 3. The van der Waals surface area contributed by atoms with Crippen LogP contribution in [0.1, 0.15) is 22.0 Å². The highest BCUT2D eigenvalue weighted by atomic mass is 19.4. The van der Waals surface area contributed by atoms with Crippen molar-refractivity contribution < 1.29 is 18.0 Å². The second kappa shape index (κ2) is 6.23. The Morgan fingerprint density at radius 3 is 2.46 bits per heavy atom. The molecule has 0 spiro atoms. The molecule has 0 unspecified atom stereocenters. The molecule has 0 aliphatic rings. The van der Waals surface area contributed by atoms with Crippen molar-refractivity contribution in [1.82, 2.24) is 20.3 Å². The normalized spacial score (nSPS) is 12.8. The van der Waals surface area contributed by atoms with E-state index in [1.807, 2.05) is 5.32 Å². The number of halogens is 3. The third-order valence-electron chi connectivity index (χ3n) is 3.35. The number of benzene rings is 1. The summed E-state index contributed by atoms with van der Waals surface area (Å²) in [4.78, 5) is 24.0. The van der Waals surface area contributed by atoms with Crippen LogP contribution in [-0.4, -0.2) is 27.0 Å². The van der Waals surface area contributed by atoms with Gasteiger partial charge in [-0.25, -0.2) is 0 Å². The molecule has 2 heterocycles. The Labute approximate surface area is 134 Å². The number of hydrogen-bond acceptors (Lipinski definition) is 4. The number of rotatable bonds is 3. The van der Waals surface area contributed by atoms with Crippen LogP contribution in [0.3, 0.4) is 0 Å². The summed E-state index contributed by atoms with van der Waals surface area (Å²) in [6.45, 7) is 0. The topological polar surface area (TPSA) is 67.8 Å². The minimum Gasteiger partial charge on any atom is -0.337 e. The number of pyridine rings is 1. The van der Waals surface area contributed by atoms with Gasteiger partial charge in [0.05, 0.1) is 11.0 Å². The van der Waals surface area contributed by atoms with E-state index in [4.69, 9.17) is 0 Å². The maximum Gasteiger partial charge on any atom is 0.412 e. The molecule has 1 N–H and O–H groups in total. The van der Waals surface area contributed by atoms with Gasteiger partial charge >= 0.3 is 6.18 Å². The highest BCUT2D eigenvalue weighted by Crippen LogP contribution is 2.32. The van der Waals surface area contributed by atoms with Gasteiger partial charge in [0.25, 0.3) is 5.91 Å². The van der Waals surface area contributed by atoms with Crippen molar-refractivity contribution in [1.29, 1.82) is 0 Å². The summed E-state index contributed by atoms with van der Waals surface area (Å²) in [7, 11) is 0. The van der Waals surface area contributed by atoms with Gasteiger partial charge in [-0.3, -0.25) is 19.7 Å². The molecule has 3 rings (SSSR count). The summed E-state index contributed by atoms with van der Waals surface area (Å²) in [6, 6.07) is 4.83. The smallest absolute Gasteiger partial charge is 0.337 e. The van der Waals surface area contributed by atoms with Gasteiger partial charge in [0.1, 0.15) is 0 Å². The van der Waals surface area contributed by atoms with E-state index in [2.05, 4.69) is 15.0 Å². The first kappa shape index (κ1) is 15.9. The lowest BCUT2D eigenvalue weighted by Crippen LogP contribution is -2.38. The van der Waals surface area contributed by atoms with Crippen molar-refractivity contribution in [3.05, 3.63) is 66.2 Å². The van der Waals surface area contributed by atoms with Gasteiger partial charge in [-0.15, -0.1) is 0 Å². The van der Waals surface area contributed by atoms with E-state index < -0.39 is 18.1 Å². The summed E-state index contributed by atoms with van der Waals surface area (Å²) in [5.41, 5.74) is 0.906. The van der Waals surface area contributed by atoms with Crippen LogP contribution in [0.25, 0.3) is 11.0 Å². The van der Waals surface area contributed by atoms with Crippen LogP contribution < -0.4 is 5.32 Å². The fraction of sp³-hybridized carbons (Fsp3) is 0.125. The molecule has 0 saturated carbocycles. The Hall–Kier alpha value is -3.03. The minimum absolute atomic E-state index is 0.0705. The van der Waals surface area contributed by atoms with E-state index in [1.165, 1.54) is 48.9 Å². The molecule has 1 atom stereocenters. The third kappa shape index (κ3) is 3.32. The van der Waals surface area contributed by atoms with Crippen molar-refractivity contribution in [2.75, 3.05) is 0 Å². The van der Waals surface area contributed by atoms with Crippen LogP contribution >= 0.6 is 0 Å². The standard InChI is InChI=1S/C16H11F3N4O/c17-16(18,19)14(11-2-1-5-20-9-11)23-15(24)10-3-4-12-13(8-10)22-7-6-21-12/h1-9,14H,(H,23,24)/t14-/m0/s1. The number of fused-ring (bicyclic) bond motifs is 1. The first-order valence-corrected chi connectivity index (χ1v) is 6.93. The van der Waals surface area contributed by atoms with Crippen LogP contribution in [-0.2, 0) is 0 Å². The minimum atomic E-state index is -4.64. The molecule has 2 aromatic heterocycles.